The van der Waals surface area contributed by atoms with Crippen LogP contribution in [0.1, 0.15) is 0 Å². The number of rotatable bonds is 1. The van der Waals surface area contributed by atoms with Gasteiger partial charge in [0.15, 0.2) is 12.0 Å². The normalized spacial score (nSPS) is 10.6. The lowest BCUT2D eigenvalue weighted by atomic mass is 10.8. The van der Waals surface area contributed by atoms with Crippen molar-refractivity contribution in [3.63, 3.8) is 0 Å². The van der Waals surface area contributed by atoms with Crippen molar-refractivity contribution in [1.82, 2.24) is 19.3 Å². The maximum Gasteiger partial charge on any atom is 0.223 e. The monoisotopic (exact) mass is 153 g/mol. The van der Waals surface area contributed by atoms with E-state index in [1.165, 1.54) is 15.6 Å². The molecule has 0 bridgehead atoms. The largest absolute Gasteiger partial charge is 0.414 e. The summed E-state index contributed by atoms with van der Waals surface area (Å²) in [4.78, 5) is 8.76. The van der Waals surface area contributed by atoms with E-state index in [0.29, 0.717) is 11.6 Å². The van der Waals surface area contributed by atoms with Gasteiger partial charge in [-0.05, 0) is 0 Å². The van der Waals surface area contributed by atoms with Crippen LogP contribution >= 0.6 is 0 Å². The quantitative estimate of drug-likeness (QED) is 0.580. The molecule has 0 aliphatic heterocycles. The highest BCUT2D eigenvalue weighted by atomic mass is 16.6. The zero-order valence-electron chi connectivity index (χ0n) is 5.93. The van der Waals surface area contributed by atoms with Crippen molar-refractivity contribution >= 4 is 11.6 Å². The molecule has 0 aliphatic carbocycles. The van der Waals surface area contributed by atoms with Gasteiger partial charge in [0.2, 0.25) is 5.95 Å². The van der Waals surface area contributed by atoms with Crippen LogP contribution in [0.4, 0.5) is 5.95 Å². The Kier molecular flexibility index (Phi) is 1.03. The summed E-state index contributed by atoms with van der Waals surface area (Å²) >= 11 is 0. The molecule has 0 radical (unpaired) electrons. The van der Waals surface area contributed by atoms with Crippen molar-refractivity contribution in [2.75, 3.05) is 12.8 Å². The molecule has 0 saturated carbocycles. The molecule has 0 aromatic carbocycles. The van der Waals surface area contributed by atoms with Crippen molar-refractivity contribution in [3.8, 4) is 0 Å². The second kappa shape index (κ2) is 1.88. The van der Waals surface area contributed by atoms with Crippen LogP contribution in [0.25, 0.3) is 5.65 Å². The van der Waals surface area contributed by atoms with Crippen LogP contribution in [0.15, 0.2) is 12.5 Å². The Balaban J connectivity index is 2.77. The number of hydrogen-bond acceptors (Lipinski definition) is 4. The smallest absolute Gasteiger partial charge is 0.223 e. The third kappa shape index (κ3) is 0.658. The van der Waals surface area contributed by atoms with E-state index in [4.69, 9.17) is 10.6 Å². The Labute approximate surface area is 62.1 Å². The minimum absolute atomic E-state index is 0.357. The summed E-state index contributed by atoms with van der Waals surface area (Å²) in [6, 6.07) is 0. The van der Waals surface area contributed by atoms with E-state index in [-0.39, 0.29) is 0 Å². The number of nitrogen functional groups attached to an aromatic ring is 1. The van der Waals surface area contributed by atoms with Gasteiger partial charge in [0.25, 0.3) is 0 Å². The highest BCUT2D eigenvalue weighted by Crippen LogP contribution is 2.04. The Hall–Kier alpha value is -1.72. The zero-order valence-corrected chi connectivity index (χ0v) is 5.93. The Morgan fingerprint density at radius 3 is 3.18 bits per heavy atom. The van der Waals surface area contributed by atoms with Crippen LogP contribution in [-0.4, -0.2) is 26.4 Å². The van der Waals surface area contributed by atoms with E-state index in [9.17, 15) is 0 Å². The molecule has 2 heterocycles. The Bertz CT molecular complexity index is 375. The van der Waals surface area contributed by atoms with E-state index in [0.717, 1.165) is 0 Å². The first kappa shape index (κ1) is 6.02. The first-order valence-corrected chi connectivity index (χ1v) is 3.04. The lowest BCUT2D eigenvalue weighted by Gasteiger charge is -1.94. The van der Waals surface area contributed by atoms with Gasteiger partial charge in [-0.3, -0.25) is 0 Å². The predicted molar refractivity (Wildman–Crippen MR) is 37.9 cm³/mol. The lowest BCUT2D eigenvalue weighted by Crippen LogP contribution is -2.02. The van der Waals surface area contributed by atoms with Gasteiger partial charge in [0, 0.05) is 0 Å². The van der Waals surface area contributed by atoms with Crippen molar-refractivity contribution in [2.45, 2.75) is 0 Å². The Morgan fingerprint density at radius 1 is 1.64 bits per heavy atom. The minimum atomic E-state index is 0.357. The van der Waals surface area contributed by atoms with E-state index in [2.05, 4.69) is 10.1 Å². The summed E-state index contributed by atoms with van der Waals surface area (Å²) in [5, 5.41) is 3.92. The minimum Gasteiger partial charge on any atom is -0.414 e. The summed E-state index contributed by atoms with van der Waals surface area (Å²) in [7, 11) is 1.55. The van der Waals surface area contributed by atoms with Gasteiger partial charge < -0.3 is 10.6 Å². The van der Waals surface area contributed by atoms with Crippen LogP contribution in [0.2, 0.25) is 0 Å². The van der Waals surface area contributed by atoms with Crippen LogP contribution in [0.3, 0.4) is 0 Å². The molecule has 0 amide bonds. The molecule has 2 aromatic rings. The maximum atomic E-state index is 5.46. The fourth-order valence-corrected chi connectivity index (χ4v) is 0.918. The standard InChI is InChI=1S/C5H7N5O/c1-11-9-3-8-10-4(9)2-7-5(10)6/h2-3H,1H3,(H2,6,7). The number of aromatic nitrogens is 4. The second-order valence-corrected chi connectivity index (χ2v) is 2.03. The van der Waals surface area contributed by atoms with Crippen molar-refractivity contribution in [2.24, 2.45) is 0 Å². The fraction of sp³-hybridized carbons (Fsp3) is 0.200. The molecule has 2 N–H and O–H groups in total. The van der Waals surface area contributed by atoms with E-state index >= 15 is 0 Å². The van der Waals surface area contributed by atoms with Gasteiger partial charge in [0.1, 0.15) is 7.11 Å². The fourth-order valence-electron chi connectivity index (χ4n) is 0.918. The van der Waals surface area contributed by atoms with Crippen LogP contribution in [-0.2, 0) is 0 Å². The van der Waals surface area contributed by atoms with Crippen LogP contribution in [0.5, 0.6) is 0 Å². The van der Waals surface area contributed by atoms with Gasteiger partial charge in [-0.1, -0.05) is 0 Å². The molecule has 6 nitrogen and oxygen atoms in total. The first-order chi connectivity index (χ1) is 5.33. The van der Waals surface area contributed by atoms with Crippen LogP contribution in [0, 0.1) is 0 Å². The molecular formula is C5H7N5O. The topological polar surface area (TPSA) is 70.4 Å². The molecular weight excluding hydrogens is 146 g/mol. The average Bonchev–Trinajstić information content (AvgIpc) is 2.53. The average molecular weight is 153 g/mol. The molecule has 11 heavy (non-hydrogen) atoms. The van der Waals surface area contributed by atoms with E-state index in [1.54, 1.807) is 13.3 Å². The molecule has 0 spiro atoms. The van der Waals surface area contributed by atoms with Gasteiger partial charge in [-0.2, -0.15) is 9.25 Å². The summed E-state index contributed by atoms with van der Waals surface area (Å²) in [5.74, 6) is 0.357. The molecule has 2 rings (SSSR count). The summed E-state index contributed by atoms with van der Waals surface area (Å²) < 4.78 is 2.97. The molecule has 0 unspecified atom stereocenters. The third-order valence-corrected chi connectivity index (χ3v) is 1.44. The summed E-state index contributed by atoms with van der Waals surface area (Å²) in [6.07, 6.45) is 3.11. The molecule has 0 atom stereocenters. The Morgan fingerprint density at radius 2 is 2.45 bits per heavy atom. The number of nitrogens with zero attached hydrogens (tertiary/aromatic N) is 4. The van der Waals surface area contributed by atoms with Gasteiger partial charge in [-0.25, -0.2) is 4.98 Å². The number of imidazole rings is 1. The van der Waals surface area contributed by atoms with Crippen LogP contribution < -0.4 is 10.6 Å². The third-order valence-electron chi connectivity index (χ3n) is 1.44. The highest BCUT2D eigenvalue weighted by Gasteiger charge is 2.04. The molecule has 6 heteroatoms. The number of nitrogens with two attached hydrogens (primary N) is 1. The van der Waals surface area contributed by atoms with Gasteiger partial charge in [0.05, 0.1) is 6.20 Å². The SMILES string of the molecule is COn1cnn2c(N)ncc12. The van der Waals surface area contributed by atoms with Gasteiger partial charge in [-0.15, -0.1) is 5.10 Å². The number of hydrogen-bond donors (Lipinski definition) is 1. The second-order valence-electron chi connectivity index (χ2n) is 2.03. The molecule has 0 fully saturated rings. The zero-order chi connectivity index (χ0) is 7.84. The maximum absolute atomic E-state index is 5.46. The molecule has 2 aromatic heterocycles. The summed E-state index contributed by atoms with van der Waals surface area (Å²) in [5.41, 5.74) is 6.18. The van der Waals surface area contributed by atoms with Crippen molar-refractivity contribution < 1.29 is 4.84 Å². The lowest BCUT2D eigenvalue weighted by molar-refractivity contribution is 0.177. The number of anilines is 1. The molecule has 58 valence electrons. The molecule has 0 aliphatic rings. The van der Waals surface area contributed by atoms with E-state index < -0.39 is 0 Å². The first-order valence-electron chi connectivity index (χ1n) is 3.04. The van der Waals surface area contributed by atoms with Crippen molar-refractivity contribution in [3.05, 3.63) is 12.5 Å². The summed E-state index contributed by atoms with van der Waals surface area (Å²) in [6.45, 7) is 0. The van der Waals surface area contributed by atoms with Crippen molar-refractivity contribution in [1.29, 1.82) is 0 Å². The van der Waals surface area contributed by atoms with E-state index in [1.807, 2.05) is 0 Å². The molecule has 0 saturated heterocycles. The highest BCUT2D eigenvalue weighted by molar-refractivity contribution is 5.42. The van der Waals surface area contributed by atoms with Gasteiger partial charge >= 0.3 is 0 Å². The predicted octanol–water partition coefficient (Wildman–Crippen LogP) is -0.829. The number of fused-ring (bicyclic) bond motifs is 1.